The summed E-state index contributed by atoms with van der Waals surface area (Å²) in [6, 6.07) is 0.678. The van der Waals surface area contributed by atoms with E-state index in [0.717, 1.165) is 37.6 Å². The first-order chi connectivity index (χ1) is 8.78. The van der Waals surface area contributed by atoms with Crippen LogP contribution in [0.2, 0.25) is 0 Å². The lowest BCUT2D eigenvalue weighted by Gasteiger charge is -2.28. The lowest BCUT2D eigenvalue weighted by molar-refractivity contribution is 0.222. The molecule has 0 radical (unpaired) electrons. The number of rotatable bonds is 3. The molecular weight excluding hydrogens is 224 g/mol. The molecule has 0 spiro atoms. The van der Waals surface area contributed by atoms with Crippen LogP contribution < -0.4 is 5.32 Å². The number of aromatic nitrogens is 2. The molecule has 100 valence electrons. The normalized spacial score (nSPS) is 22.4. The lowest BCUT2D eigenvalue weighted by atomic mass is 10.1. The van der Waals surface area contributed by atoms with Gasteiger partial charge in [-0.1, -0.05) is 6.92 Å². The zero-order valence-corrected chi connectivity index (χ0v) is 11.5. The highest BCUT2D eigenvalue weighted by molar-refractivity contribution is 5.00. The van der Waals surface area contributed by atoms with Crippen molar-refractivity contribution in [3.8, 4) is 0 Å². The number of hydrogen-bond donors (Lipinski definition) is 1. The van der Waals surface area contributed by atoms with Gasteiger partial charge in [0.2, 0.25) is 0 Å². The third-order valence-corrected chi connectivity index (χ3v) is 3.59. The van der Waals surface area contributed by atoms with Gasteiger partial charge in [-0.2, -0.15) is 0 Å². The van der Waals surface area contributed by atoms with Gasteiger partial charge in [-0.3, -0.25) is 14.9 Å². The Morgan fingerprint density at radius 1 is 1.33 bits per heavy atom. The van der Waals surface area contributed by atoms with E-state index in [-0.39, 0.29) is 0 Å². The van der Waals surface area contributed by atoms with E-state index in [2.05, 4.69) is 27.1 Å². The number of aryl methyl sites for hydroxylation is 1. The van der Waals surface area contributed by atoms with E-state index in [1.54, 1.807) is 0 Å². The molecule has 1 aliphatic rings. The van der Waals surface area contributed by atoms with E-state index in [1.165, 1.54) is 19.3 Å². The zero-order valence-electron chi connectivity index (χ0n) is 11.5. The number of nitrogens with zero attached hydrogens (tertiary/aromatic N) is 3. The largest absolute Gasteiger partial charge is 0.314 e. The first-order valence-corrected chi connectivity index (χ1v) is 7.01. The van der Waals surface area contributed by atoms with E-state index in [9.17, 15) is 0 Å². The van der Waals surface area contributed by atoms with Gasteiger partial charge in [0.05, 0.1) is 11.4 Å². The summed E-state index contributed by atoms with van der Waals surface area (Å²) in [6.45, 7) is 8.61. The molecule has 1 unspecified atom stereocenters. The monoisotopic (exact) mass is 248 g/mol. The second-order valence-corrected chi connectivity index (χ2v) is 5.13. The molecule has 0 amide bonds. The molecule has 4 heteroatoms. The second-order valence-electron chi connectivity index (χ2n) is 5.13. The Kier molecular flexibility index (Phi) is 5.08. The molecule has 1 aromatic heterocycles. The van der Waals surface area contributed by atoms with Crippen LogP contribution in [0.3, 0.4) is 0 Å². The summed E-state index contributed by atoms with van der Waals surface area (Å²) in [4.78, 5) is 11.3. The minimum Gasteiger partial charge on any atom is -0.314 e. The van der Waals surface area contributed by atoms with Crippen molar-refractivity contribution in [1.29, 1.82) is 0 Å². The Morgan fingerprint density at radius 3 is 2.94 bits per heavy atom. The highest BCUT2D eigenvalue weighted by Crippen LogP contribution is 2.08. The molecule has 1 fully saturated rings. The lowest BCUT2D eigenvalue weighted by Crippen LogP contribution is -2.39. The van der Waals surface area contributed by atoms with Crippen LogP contribution >= 0.6 is 0 Å². The van der Waals surface area contributed by atoms with Crippen molar-refractivity contribution in [3.63, 3.8) is 0 Å². The van der Waals surface area contributed by atoms with Gasteiger partial charge in [0.1, 0.15) is 0 Å². The van der Waals surface area contributed by atoms with Crippen LogP contribution in [0.15, 0.2) is 12.4 Å². The summed E-state index contributed by atoms with van der Waals surface area (Å²) in [5.74, 6) is 0. The third kappa shape index (κ3) is 4.03. The average molecular weight is 248 g/mol. The summed E-state index contributed by atoms with van der Waals surface area (Å²) in [5, 5.41) is 3.61. The molecule has 1 N–H and O–H groups in total. The van der Waals surface area contributed by atoms with Gasteiger partial charge in [-0.05, 0) is 39.3 Å². The molecule has 0 saturated carbocycles. The highest BCUT2D eigenvalue weighted by Gasteiger charge is 2.14. The van der Waals surface area contributed by atoms with Gasteiger partial charge in [0.25, 0.3) is 0 Å². The smallest absolute Gasteiger partial charge is 0.0727 e. The Balaban J connectivity index is 1.89. The predicted molar refractivity (Wildman–Crippen MR) is 73.4 cm³/mol. The molecule has 1 aliphatic heterocycles. The SMILES string of the molecule is CCC1CCN(Cc2cnc(C)cn2)CCCN1. The van der Waals surface area contributed by atoms with Crippen molar-refractivity contribution in [3.05, 3.63) is 23.8 Å². The third-order valence-electron chi connectivity index (χ3n) is 3.59. The molecular formula is C14H24N4. The molecule has 2 rings (SSSR count). The minimum atomic E-state index is 0.678. The highest BCUT2D eigenvalue weighted by atomic mass is 15.1. The Morgan fingerprint density at radius 2 is 2.22 bits per heavy atom. The topological polar surface area (TPSA) is 41.1 Å². The first-order valence-electron chi connectivity index (χ1n) is 7.01. The zero-order chi connectivity index (χ0) is 12.8. The molecule has 1 atom stereocenters. The number of nitrogens with one attached hydrogen (secondary N) is 1. The summed E-state index contributed by atoms with van der Waals surface area (Å²) < 4.78 is 0. The molecule has 0 aliphatic carbocycles. The van der Waals surface area contributed by atoms with Gasteiger partial charge in [-0.15, -0.1) is 0 Å². The molecule has 18 heavy (non-hydrogen) atoms. The van der Waals surface area contributed by atoms with E-state index >= 15 is 0 Å². The average Bonchev–Trinajstić information content (AvgIpc) is 2.36. The van der Waals surface area contributed by atoms with Crippen LogP contribution in [0.1, 0.15) is 37.6 Å². The standard InChI is InChI=1S/C14H24N4/c1-3-13-5-8-18(7-4-6-15-13)11-14-10-16-12(2)9-17-14/h9-10,13,15H,3-8,11H2,1-2H3. The maximum absolute atomic E-state index is 4.45. The Bertz CT molecular complexity index is 349. The van der Waals surface area contributed by atoms with Crippen molar-refractivity contribution in [2.75, 3.05) is 19.6 Å². The van der Waals surface area contributed by atoms with E-state index < -0.39 is 0 Å². The van der Waals surface area contributed by atoms with Crippen molar-refractivity contribution in [2.45, 2.75) is 45.7 Å². The van der Waals surface area contributed by atoms with Crippen LogP contribution in [-0.4, -0.2) is 40.5 Å². The minimum absolute atomic E-state index is 0.678. The molecule has 2 heterocycles. The van der Waals surface area contributed by atoms with E-state index in [0.29, 0.717) is 6.04 Å². The van der Waals surface area contributed by atoms with Crippen molar-refractivity contribution in [1.82, 2.24) is 20.2 Å². The van der Waals surface area contributed by atoms with Crippen molar-refractivity contribution in [2.24, 2.45) is 0 Å². The fraction of sp³-hybridized carbons (Fsp3) is 0.714. The summed E-state index contributed by atoms with van der Waals surface area (Å²) in [7, 11) is 0. The van der Waals surface area contributed by atoms with E-state index in [1.807, 2.05) is 19.3 Å². The summed E-state index contributed by atoms with van der Waals surface area (Å²) in [6.07, 6.45) is 7.43. The van der Waals surface area contributed by atoms with Gasteiger partial charge in [0.15, 0.2) is 0 Å². The number of hydrogen-bond acceptors (Lipinski definition) is 4. The second kappa shape index (κ2) is 6.81. The maximum atomic E-state index is 4.45. The van der Waals surface area contributed by atoms with Gasteiger partial charge in [0, 0.05) is 31.5 Å². The van der Waals surface area contributed by atoms with E-state index in [4.69, 9.17) is 0 Å². The van der Waals surface area contributed by atoms with Gasteiger partial charge < -0.3 is 5.32 Å². The van der Waals surface area contributed by atoms with Crippen LogP contribution in [0, 0.1) is 6.92 Å². The molecule has 0 bridgehead atoms. The van der Waals surface area contributed by atoms with Gasteiger partial charge in [-0.25, -0.2) is 0 Å². The molecule has 4 nitrogen and oxygen atoms in total. The van der Waals surface area contributed by atoms with Crippen LogP contribution in [0.5, 0.6) is 0 Å². The molecule has 0 aromatic carbocycles. The fourth-order valence-electron chi connectivity index (χ4n) is 2.40. The predicted octanol–water partition coefficient (Wildman–Crippen LogP) is 1.75. The van der Waals surface area contributed by atoms with Crippen molar-refractivity contribution >= 4 is 0 Å². The van der Waals surface area contributed by atoms with Crippen LogP contribution in [0.4, 0.5) is 0 Å². The Hall–Kier alpha value is -1.00. The van der Waals surface area contributed by atoms with Crippen LogP contribution in [0.25, 0.3) is 0 Å². The molecule has 1 saturated heterocycles. The maximum Gasteiger partial charge on any atom is 0.0727 e. The summed E-state index contributed by atoms with van der Waals surface area (Å²) in [5.41, 5.74) is 2.07. The Labute approximate surface area is 110 Å². The molecule has 1 aromatic rings. The van der Waals surface area contributed by atoms with Crippen LogP contribution in [-0.2, 0) is 6.54 Å². The summed E-state index contributed by atoms with van der Waals surface area (Å²) >= 11 is 0. The first kappa shape index (κ1) is 13.4. The quantitative estimate of drug-likeness (QED) is 0.885. The van der Waals surface area contributed by atoms with Gasteiger partial charge >= 0.3 is 0 Å². The van der Waals surface area contributed by atoms with Crippen molar-refractivity contribution < 1.29 is 0 Å². The fourth-order valence-corrected chi connectivity index (χ4v) is 2.40.